The van der Waals surface area contributed by atoms with E-state index in [0.29, 0.717) is 67.2 Å². The van der Waals surface area contributed by atoms with E-state index < -0.39 is 29.0 Å². The van der Waals surface area contributed by atoms with Crippen LogP contribution in [-0.4, -0.2) is 9.13 Å². The molecule has 0 bridgehead atoms. The molecule has 0 amide bonds. The number of alkyl halides is 6. The maximum Gasteiger partial charge on any atom is 0.417 e. The second-order valence-electron chi connectivity index (χ2n) is 19.1. The average Bonchev–Trinajstić information content (AvgIpc) is 3.95. The molecular formula is C67H33F6N7. The van der Waals surface area contributed by atoms with Gasteiger partial charge >= 0.3 is 12.4 Å². The summed E-state index contributed by atoms with van der Waals surface area (Å²) in [5, 5.41) is 52.8. The van der Waals surface area contributed by atoms with Crippen LogP contribution in [0.5, 0.6) is 0 Å². The summed E-state index contributed by atoms with van der Waals surface area (Å²) in [5.74, 6) is 0. The van der Waals surface area contributed by atoms with Gasteiger partial charge < -0.3 is 9.13 Å². The van der Waals surface area contributed by atoms with E-state index in [9.17, 15) is 39.5 Å². The van der Waals surface area contributed by atoms with Gasteiger partial charge in [-0.15, -0.1) is 0 Å². The third-order valence-corrected chi connectivity index (χ3v) is 14.6. The van der Waals surface area contributed by atoms with Gasteiger partial charge in [-0.25, -0.2) is 0 Å². The van der Waals surface area contributed by atoms with Crippen LogP contribution in [0.4, 0.5) is 26.3 Å². The maximum atomic E-state index is 15.4. The zero-order valence-corrected chi connectivity index (χ0v) is 41.5. The van der Waals surface area contributed by atoms with E-state index in [4.69, 9.17) is 0 Å². The van der Waals surface area contributed by atoms with Gasteiger partial charge in [0, 0.05) is 27.1 Å². The molecule has 0 atom stereocenters. The molecule has 12 aromatic rings. The number of hydrogen-bond acceptors (Lipinski definition) is 5. The van der Waals surface area contributed by atoms with Gasteiger partial charge in [-0.1, -0.05) is 103 Å². The lowest BCUT2D eigenvalue weighted by Gasteiger charge is -2.22. The van der Waals surface area contributed by atoms with Crippen molar-refractivity contribution in [2.45, 2.75) is 12.4 Å². The number of halogens is 6. The van der Waals surface area contributed by atoms with Crippen molar-refractivity contribution < 1.29 is 26.3 Å². The number of nitrogens with zero attached hydrogens (tertiary/aromatic N) is 7. The molecule has 0 aliphatic rings. The average molecular weight is 1050 g/mol. The van der Waals surface area contributed by atoms with Crippen LogP contribution in [0, 0.1) is 56.7 Å². The Hall–Kier alpha value is -11.2. The Morgan fingerprint density at radius 2 is 0.600 bits per heavy atom. The fraction of sp³-hybridized carbons (Fsp3) is 0.0299. The highest BCUT2D eigenvalue weighted by molar-refractivity contribution is 6.14. The van der Waals surface area contributed by atoms with Crippen molar-refractivity contribution >= 4 is 43.6 Å². The van der Waals surface area contributed by atoms with Gasteiger partial charge in [-0.2, -0.15) is 52.7 Å². The molecule has 13 heteroatoms. The van der Waals surface area contributed by atoms with E-state index in [1.165, 1.54) is 12.1 Å². The summed E-state index contributed by atoms with van der Waals surface area (Å²) in [6.07, 6.45) is -10.4. The molecule has 0 radical (unpaired) electrons. The van der Waals surface area contributed by atoms with Crippen molar-refractivity contribution in [3.63, 3.8) is 0 Å². The summed E-state index contributed by atoms with van der Waals surface area (Å²) in [6, 6.07) is 66.4. The van der Waals surface area contributed by atoms with Crippen molar-refractivity contribution in [1.82, 2.24) is 9.13 Å². The number of benzene rings is 10. The largest absolute Gasteiger partial charge is 0.417 e. The SMILES string of the molecule is N#Cc1ccc(-c2ccc3c4ccc(-c5ccc(C#N)cc5)cc4n(-c4cc(C#N)c(-c5ccc(C(F)(F)F)cc5C(F)(F)F)cc4-n4c5cc(-c6ccc(C#N)cc6)ccc5c5ccc(-c6ccc(C#N)cc6)cc54)c3c2)cc1. The topological polar surface area (TPSA) is 129 Å². The lowest BCUT2D eigenvalue weighted by Crippen LogP contribution is -2.13. The Labute approximate surface area is 452 Å². The van der Waals surface area contributed by atoms with Crippen molar-refractivity contribution in [2.75, 3.05) is 0 Å². The van der Waals surface area contributed by atoms with E-state index in [1.54, 1.807) is 72.8 Å². The predicted molar refractivity (Wildman–Crippen MR) is 296 cm³/mol. The third-order valence-electron chi connectivity index (χ3n) is 14.6. The summed E-state index contributed by atoms with van der Waals surface area (Å²) in [5.41, 5.74) is 6.31. The first-order chi connectivity index (χ1) is 38.7. The molecule has 7 nitrogen and oxygen atoms in total. The molecule has 2 aromatic heterocycles. The van der Waals surface area contributed by atoms with Gasteiger partial charge in [0.1, 0.15) is 0 Å². The number of aromatic nitrogens is 2. The van der Waals surface area contributed by atoms with Gasteiger partial charge in [0.2, 0.25) is 0 Å². The molecule has 0 spiro atoms. The van der Waals surface area contributed by atoms with Crippen LogP contribution in [0.2, 0.25) is 0 Å². The zero-order valence-electron chi connectivity index (χ0n) is 41.5. The van der Waals surface area contributed by atoms with E-state index in [-0.39, 0.29) is 22.9 Å². The second-order valence-corrected chi connectivity index (χ2v) is 19.1. The highest BCUT2D eigenvalue weighted by atomic mass is 19.4. The second kappa shape index (κ2) is 19.1. The van der Waals surface area contributed by atoms with Crippen LogP contribution in [0.25, 0.3) is 111 Å². The quantitative estimate of drug-likeness (QED) is 0.147. The van der Waals surface area contributed by atoms with Gasteiger partial charge in [-0.3, -0.25) is 0 Å². The molecule has 0 fully saturated rings. The molecule has 0 N–H and O–H groups in total. The monoisotopic (exact) mass is 1050 g/mol. The summed E-state index contributed by atoms with van der Waals surface area (Å²) in [4.78, 5) is 0. The molecule has 0 saturated heterocycles. The molecule has 2 heterocycles. The van der Waals surface area contributed by atoms with Crippen LogP contribution in [0.3, 0.4) is 0 Å². The van der Waals surface area contributed by atoms with Crippen molar-refractivity contribution in [2.24, 2.45) is 0 Å². The van der Waals surface area contributed by atoms with Crippen LogP contribution in [-0.2, 0) is 12.4 Å². The van der Waals surface area contributed by atoms with Crippen LogP contribution < -0.4 is 0 Å². The molecule has 0 unspecified atom stereocenters. The Balaban J connectivity index is 1.26. The highest BCUT2D eigenvalue weighted by Gasteiger charge is 2.39. The minimum absolute atomic E-state index is 0.0700. The van der Waals surface area contributed by atoms with Gasteiger partial charge in [0.25, 0.3) is 0 Å². The van der Waals surface area contributed by atoms with Crippen molar-refractivity contribution in [3.05, 3.63) is 239 Å². The summed E-state index contributed by atoms with van der Waals surface area (Å²) in [6.45, 7) is 0. The van der Waals surface area contributed by atoms with E-state index in [1.807, 2.05) is 106 Å². The number of nitriles is 5. The van der Waals surface area contributed by atoms with E-state index in [0.717, 1.165) is 61.0 Å². The Kier molecular flexibility index (Phi) is 11.9. The molecule has 0 aliphatic carbocycles. The van der Waals surface area contributed by atoms with Crippen LogP contribution in [0.15, 0.2) is 200 Å². The van der Waals surface area contributed by atoms with Crippen molar-refractivity contribution in [1.29, 1.82) is 26.3 Å². The molecule has 0 aliphatic heterocycles. The zero-order chi connectivity index (χ0) is 55.6. The van der Waals surface area contributed by atoms with Gasteiger partial charge in [0.15, 0.2) is 0 Å². The Morgan fingerprint density at radius 1 is 0.287 bits per heavy atom. The predicted octanol–water partition coefficient (Wildman–Crippen LogP) is 17.6. The summed E-state index contributed by atoms with van der Waals surface area (Å²) >= 11 is 0. The standard InChI is InChI=1S/C67H33F6N7/c68-66(69,70)52-21-26-53(59(32-52)67(71,72)73)58-33-65(80-62-29-49(45-13-5-41(36-76)6-14-45)19-24-56(62)57-25-20-50(30-63(57)80)46-15-7-42(37-77)8-16-46)64(31-51(58)38-78)79-60-27-47(43-9-1-39(34-74)2-10-43)17-22-54(60)55-23-18-48(28-61(55)79)44-11-3-40(35-75)4-12-44/h1-33H. The van der Waals surface area contributed by atoms with E-state index in [2.05, 4.69) is 30.3 Å². The third kappa shape index (κ3) is 8.57. The van der Waals surface area contributed by atoms with Crippen molar-refractivity contribution in [3.8, 4) is 97.4 Å². The minimum Gasteiger partial charge on any atom is -0.307 e. The smallest absolute Gasteiger partial charge is 0.307 e. The van der Waals surface area contributed by atoms with Gasteiger partial charge in [-0.05, 0) is 147 Å². The number of rotatable bonds is 7. The van der Waals surface area contributed by atoms with Crippen LogP contribution >= 0.6 is 0 Å². The molecule has 10 aromatic carbocycles. The Bertz CT molecular complexity index is 4530. The Morgan fingerprint density at radius 3 is 0.887 bits per heavy atom. The first kappa shape index (κ1) is 49.7. The van der Waals surface area contributed by atoms with E-state index >= 15 is 13.2 Å². The normalized spacial score (nSPS) is 11.6. The fourth-order valence-corrected chi connectivity index (χ4v) is 10.7. The van der Waals surface area contributed by atoms with Crippen LogP contribution in [0.1, 0.15) is 38.9 Å². The first-order valence-corrected chi connectivity index (χ1v) is 24.7. The fourth-order valence-electron chi connectivity index (χ4n) is 10.7. The summed E-state index contributed by atoms with van der Waals surface area (Å²) in [7, 11) is 0. The molecule has 0 saturated carbocycles. The van der Waals surface area contributed by atoms with Gasteiger partial charge in [0.05, 0.1) is 103 Å². The number of fused-ring (bicyclic) bond motifs is 6. The maximum absolute atomic E-state index is 15.4. The summed E-state index contributed by atoms with van der Waals surface area (Å²) < 4.78 is 92.9. The first-order valence-electron chi connectivity index (χ1n) is 24.7. The number of hydrogen-bond donors (Lipinski definition) is 0. The lowest BCUT2D eigenvalue weighted by molar-refractivity contribution is -0.142. The minimum atomic E-state index is -5.31. The molecular weight excluding hydrogens is 1020 g/mol. The molecule has 378 valence electrons. The highest BCUT2D eigenvalue weighted by Crippen LogP contribution is 2.47. The molecule has 12 rings (SSSR count). The lowest BCUT2D eigenvalue weighted by atomic mass is 9.92. The molecule has 80 heavy (non-hydrogen) atoms.